The van der Waals surface area contributed by atoms with Gasteiger partial charge in [0, 0.05) is 24.8 Å². The first-order valence-electron chi connectivity index (χ1n) is 5.63. The van der Waals surface area contributed by atoms with Crippen LogP contribution in [0.15, 0.2) is 24.3 Å². The third kappa shape index (κ3) is 2.14. The normalized spacial score (nSPS) is 15.4. The Hall–Kier alpha value is -2.08. The predicted molar refractivity (Wildman–Crippen MR) is 66.5 cm³/mol. The number of rotatable bonds is 4. The molecule has 1 heterocycles. The Kier molecular flexibility index (Phi) is 3.47. The largest absolute Gasteiger partial charge is 0.497 e. The molecule has 0 atom stereocenters. The number of hydrogen-bond acceptors (Lipinski definition) is 4. The summed E-state index contributed by atoms with van der Waals surface area (Å²) in [5.74, 6) is 0.415. The Morgan fingerprint density at radius 3 is 2.83 bits per heavy atom. The number of hydrogen-bond donors (Lipinski definition) is 1. The van der Waals surface area contributed by atoms with Crippen LogP contribution in [0.5, 0.6) is 5.75 Å². The fraction of sp³-hybridized carbons (Fsp3) is 0.333. The van der Waals surface area contributed by atoms with Gasteiger partial charge in [-0.2, -0.15) is 0 Å². The summed E-state index contributed by atoms with van der Waals surface area (Å²) in [4.78, 5) is 26.3. The first kappa shape index (κ1) is 12.4. The van der Waals surface area contributed by atoms with Gasteiger partial charge in [0.1, 0.15) is 12.3 Å². The number of anilines is 1. The van der Waals surface area contributed by atoms with E-state index in [2.05, 4.69) is 0 Å². The van der Waals surface area contributed by atoms with Crippen molar-refractivity contribution in [3.05, 3.63) is 24.3 Å². The minimum atomic E-state index is -0.335. The van der Waals surface area contributed by atoms with Crippen LogP contribution in [-0.2, 0) is 4.79 Å². The molecule has 1 saturated heterocycles. The van der Waals surface area contributed by atoms with E-state index in [1.54, 1.807) is 31.4 Å². The van der Waals surface area contributed by atoms with Gasteiger partial charge in [-0.15, -0.1) is 0 Å². The minimum absolute atomic E-state index is 0.0476. The molecule has 0 aliphatic carbocycles. The number of nitrogens with two attached hydrogens (primary N) is 1. The lowest BCUT2D eigenvalue weighted by molar-refractivity contribution is -0.124. The highest BCUT2D eigenvalue weighted by atomic mass is 16.5. The SMILES string of the molecule is COc1cccc(N2CC(=O)N(CCN)C2=O)c1. The third-order valence-corrected chi connectivity index (χ3v) is 2.77. The average molecular weight is 249 g/mol. The standard InChI is InChI=1S/C12H15N3O3/c1-18-10-4-2-3-9(7-10)15-8-11(16)14(6-5-13)12(15)17/h2-4,7H,5-6,8,13H2,1H3. The summed E-state index contributed by atoms with van der Waals surface area (Å²) in [6, 6.07) is 6.70. The molecular formula is C12H15N3O3. The number of amides is 3. The quantitative estimate of drug-likeness (QED) is 0.785. The number of carbonyl (C=O) groups is 2. The molecular weight excluding hydrogens is 234 g/mol. The van der Waals surface area contributed by atoms with Crippen molar-refractivity contribution < 1.29 is 14.3 Å². The number of ether oxygens (including phenoxy) is 1. The van der Waals surface area contributed by atoms with Crippen LogP contribution < -0.4 is 15.4 Å². The molecule has 2 rings (SSSR count). The zero-order valence-electron chi connectivity index (χ0n) is 10.1. The van der Waals surface area contributed by atoms with Gasteiger partial charge in [-0.1, -0.05) is 6.07 Å². The van der Waals surface area contributed by atoms with Crippen LogP contribution in [-0.4, -0.2) is 43.6 Å². The fourth-order valence-corrected chi connectivity index (χ4v) is 1.87. The van der Waals surface area contributed by atoms with E-state index < -0.39 is 0 Å². The maximum atomic E-state index is 12.0. The maximum Gasteiger partial charge on any atom is 0.331 e. The highest BCUT2D eigenvalue weighted by Gasteiger charge is 2.36. The third-order valence-electron chi connectivity index (χ3n) is 2.77. The van der Waals surface area contributed by atoms with Crippen LogP contribution >= 0.6 is 0 Å². The summed E-state index contributed by atoms with van der Waals surface area (Å²) in [5.41, 5.74) is 6.02. The summed E-state index contributed by atoms with van der Waals surface area (Å²) in [7, 11) is 1.55. The highest BCUT2D eigenvalue weighted by molar-refractivity contribution is 6.12. The molecule has 1 aromatic rings. The second-order valence-electron chi connectivity index (χ2n) is 3.90. The average Bonchev–Trinajstić information content (AvgIpc) is 2.67. The molecule has 18 heavy (non-hydrogen) atoms. The van der Waals surface area contributed by atoms with E-state index in [9.17, 15) is 9.59 Å². The summed E-state index contributed by atoms with van der Waals surface area (Å²) < 4.78 is 5.09. The molecule has 1 aliphatic rings. The van der Waals surface area contributed by atoms with E-state index in [1.165, 1.54) is 9.80 Å². The molecule has 6 nitrogen and oxygen atoms in total. The number of benzene rings is 1. The molecule has 1 fully saturated rings. The Labute approximate surface area is 105 Å². The van der Waals surface area contributed by atoms with Crippen LogP contribution in [0.4, 0.5) is 10.5 Å². The smallest absolute Gasteiger partial charge is 0.331 e. The first-order chi connectivity index (χ1) is 8.67. The molecule has 2 N–H and O–H groups in total. The van der Waals surface area contributed by atoms with E-state index in [0.717, 1.165) is 0 Å². The first-order valence-corrected chi connectivity index (χ1v) is 5.63. The zero-order valence-corrected chi connectivity index (χ0v) is 10.1. The van der Waals surface area contributed by atoms with Crippen LogP contribution in [0.2, 0.25) is 0 Å². The number of nitrogens with zero attached hydrogens (tertiary/aromatic N) is 2. The van der Waals surface area contributed by atoms with Gasteiger partial charge in [0.2, 0.25) is 0 Å². The van der Waals surface area contributed by atoms with Crippen molar-refractivity contribution >= 4 is 17.6 Å². The van der Waals surface area contributed by atoms with Crippen LogP contribution in [0.25, 0.3) is 0 Å². The number of carbonyl (C=O) groups excluding carboxylic acids is 2. The Bertz CT molecular complexity index is 475. The van der Waals surface area contributed by atoms with Gasteiger partial charge in [0.15, 0.2) is 0 Å². The van der Waals surface area contributed by atoms with Gasteiger partial charge >= 0.3 is 6.03 Å². The van der Waals surface area contributed by atoms with Crippen LogP contribution in [0.1, 0.15) is 0 Å². The Morgan fingerprint density at radius 2 is 2.17 bits per heavy atom. The summed E-state index contributed by atoms with van der Waals surface area (Å²) >= 11 is 0. The van der Waals surface area contributed by atoms with Gasteiger partial charge in [0.25, 0.3) is 5.91 Å². The molecule has 0 saturated carbocycles. The van der Waals surface area contributed by atoms with Crippen molar-refractivity contribution in [2.24, 2.45) is 5.73 Å². The Balaban J connectivity index is 2.24. The second-order valence-corrected chi connectivity index (χ2v) is 3.90. The summed E-state index contributed by atoms with van der Waals surface area (Å²) in [6.45, 7) is 0.563. The van der Waals surface area contributed by atoms with Crippen LogP contribution in [0, 0.1) is 0 Å². The lowest BCUT2D eigenvalue weighted by Crippen LogP contribution is -2.36. The minimum Gasteiger partial charge on any atom is -0.497 e. The van der Waals surface area contributed by atoms with Gasteiger partial charge in [-0.25, -0.2) is 4.79 Å². The van der Waals surface area contributed by atoms with Gasteiger partial charge in [-0.05, 0) is 12.1 Å². The molecule has 0 spiro atoms. The second kappa shape index (κ2) is 5.05. The molecule has 0 radical (unpaired) electrons. The summed E-state index contributed by atoms with van der Waals surface area (Å²) in [6.07, 6.45) is 0. The molecule has 3 amide bonds. The number of urea groups is 1. The topological polar surface area (TPSA) is 75.9 Å². The molecule has 1 aromatic carbocycles. The van der Waals surface area contributed by atoms with E-state index >= 15 is 0 Å². The van der Waals surface area contributed by atoms with Crippen molar-refractivity contribution in [3.8, 4) is 5.75 Å². The van der Waals surface area contributed by atoms with Gasteiger partial charge in [-0.3, -0.25) is 14.6 Å². The Morgan fingerprint density at radius 1 is 1.39 bits per heavy atom. The lowest BCUT2D eigenvalue weighted by atomic mass is 10.3. The predicted octanol–water partition coefficient (Wildman–Crippen LogP) is 0.423. The molecule has 0 unspecified atom stereocenters. The van der Waals surface area contributed by atoms with Crippen LogP contribution in [0.3, 0.4) is 0 Å². The molecule has 96 valence electrons. The maximum absolute atomic E-state index is 12.0. The molecule has 6 heteroatoms. The van der Waals surface area contributed by atoms with E-state index in [1.807, 2.05) is 0 Å². The van der Waals surface area contributed by atoms with Gasteiger partial charge in [0.05, 0.1) is 7.11 Å². The van der Waals surface area contributed by atoms with E-state index in [0.29, 0.717) is 11.4 Å². The monoisotopic (exact) mass is 249 g/mol. The zero-order chi connectivity index (χ0) is 13.1. The van der Waals surface area contributed by atoms with Crippen molar-refractivity contribution in [1.29, 1.82) is 0 Å². The van der Waals surface area contributed by atoms with Crippen molar-refractivity contribution in [1.82, 2.24) is 4.90 Å². The molecule has 1 aliphatic heterocycles. The van der Waals surface area contributed by atoms with Gasteiger partial charge < -0.3 is 10.5 Å². The van der Waals surface area contributed by atoms with Crippen molar-refractivity contribution in [2.45, 2.75) is 0 Å². The lowest BCUT2D eigenvalue weighted by Gasteiger charge is -2.17. The fourth-order valence-electron chi connectivity index (χ4n) is 1.87. The number of imide groups is 1. The van der Waals surface area contributed by atoms with Crippen molar-refractivity contribution in [3.63, 3.8) is 0 Å². The van der Waals surface area contributed by atoms with E-state index in [4.69, 9.17) is 10.5 Å². The molecule has 0 aromatic heterocycles. The van der Waals surface area contributed by atoms with E-state index in [-0.39, 0.29) is 31.6 Å². The highest BCUT2D eigenvalue weighted by Crippen LogP contribution is 2.24. The number of methoxy groups -OCH3 is 1. The van der Waals surface area contributed by atoms with Crippen molar-refractivity contribution in [2.75, 3.05) is 31.6 Å². The molecule has 0 bridgehead atoms. The summed E-state index contributed by atoms with van der Waals surface area (Å²) in [5, 5.41) is 0.